The molecule has 1 N–H and O–H groups in total. The third-order valence-electron chi connectivity index (χ3n) is 5.86. The van der Waals surface area contributed by atoms with Gasteiger partial charge in [-0.1, -0.05) is 12.1 Å². The fourth-order valence-electron chi connectivity index (χ4n) is 4.55. The van der Waals surface area contributed by atoms with Crippen LogP contribution in [0.25, 0.3) is 11.1 Å². The van der Waals surface area contributed by atoms with Crippen LogP contribution in [0.15, 0.2) is 46.1 Å². The van der Waals surface area contributed by atoms with E-state index in [1.807, 2.05) is 41.8 Å². The molecule has 0 unspecified atom stereocenters. The van der Waals surface area contributed by atoms with E-state index in [1.165, 1.54) is 4.90 Å². The Balaban J connectivity index is 1.63. The molecule has 4 rings (SSSR count). The molecular formula is C22H28N3O2S+. The van der Waals surface area contributed by atoms with E-state index >= 15 is 0 Å². The van der Waals surface area contributed by atoms with Crippen molar-refractivity contribution < 1.29 is 9.69 Å². The molecular weight excluding hydrogens is 370 g/mol. The second-order valence-electron chi connectivity index (χ2n) is 8.30. The SMILES string of the molecule is CSc1ccc(-c2ccc3n(c2=O)C[C@H]2C[C@@H]3CN(C(=O)C[NH+](C)C)C2)cc1. The zero-order valence-corrected chi connectivity index (χ0v) is 17.6. The van der Waals surface area contributed by atoms with Crippen molar-refractivity contribution in [3.05, 3.63) is 52.4 Å². The zero-order valence-electron chi connectivity index (χ0n) is 16.8. The number of nitrogens with zero attached hydrogens (tertiary/aromatic N) is 2. The Labute approximate surface area is 170 Å². The van der Waals surface area contributed by atoms with Crippen LogP contribution in [0.1, 0.15) is 18.0 Å². The molecule has 1 aromatic heterocycles. The molecule has 0 aliphatic carbocycles. The van der Waals surface area contributed by atoms with E-state index < -0.39 is 0 Å². The minimum Gasteiger partial charge on any atom is -0.337 e. The highest BCUT2D eigenvalue weighted by atomic mass is 32.2. The highest BCUT2D eigenvalue weighted by molar-refractivity contribution is 7.98. The van der Waals surface area contributed by atoms with Crippen LogP contribution in [0, 0.1) is 5.92 Å². The first-order chi connectivity index (χ1) is 13.5. The van der Waals surface area contributed by atoms with Gasteiger partial charge in [0, 0.05) is 41.7 Å². The number of quaternary nitrogens is 1. The molecule has 0 spiro atoms. The molecule has 5 nitrogen and oxygen atoms in total. The van der Waals surface area contributed by atoms with Gasteiger partial charge in [0.25, 0.3) is 11.5 Å². The number of hydrogen-bond acceptors (Lipinski definition) is 3. The Kier molecular flexibility index (Phi) is 5.34. The molecule has 2 aliphatic heterocycles. The summed E-state index contributed by atoms with van der Waals surface area (Å²) >= 11 is 1.70. The molecule has 1 aromatic carbocycles. The minimum atomic E-state index is 0.0987. The van der Waals surface area contributed by atoms with Crippen LogP contribution >= 0.6 is 11.8 Å². The lowest BCUT2D eigenvalue weighted by atomic mass is 9.82. The van der Waals surface area contributed by atoms with Crippen molar-refractivity contribution in [3.8, 4) is 11.1 Å². The van der Waals surface area contributed by atoms with Gasteiger partial charge in [-0.3, -0.25) is 9.59 Å². The van der Waals surface area contributed by atoms with Crippen LogP contribution in [0.3, 0.4) is 0 Å². The van der Waals surface area contributed by atoms with Gasteiger partial charge in [-0.05, 0) is 48.4 Å². The van der Waals surface area contributed by atoms with E-state index in [-0.39, 0.29) is 17.4 Å². The Morgan fingerprint density at radius 2 is 1.86 bits per heavy atom. The number of nitrogens with one attached hydrogen (secondary N) is 1. The van der Waals surface area contributed by atoms with Crippen molar-refractivity contribution in [1.29, 1.82) is 0 Å². The summed E-state index contributed by atoms with van der Waals surface area (Å²) in [6, 6.07) is 12.3. The predicted octanol–water partition coefficient (Wildman–Crippen LogP) is 1.33. The monoisotopic (exact) mass is 398 g/mol. The molecule has 2 bridgehead atoms. The number of aromatic nitrogens is 1. The van der Waals surface area contributed by atoms with Crippen molar-refractivity contribution in [2.75, 3.05) is 40.0 Å². The first-order valence-electron chi connectivity index (χ1n) is 9.91. The number of hydrogen-bond donors (Lipinski definition) is 1. The van der Waals surface area contributed by atoms with Crippen LogP contribution in [0.4, 0.5) is 0 Å². The molecule has 1 fully saturated rings. The Morgan fingerprint density at radius 1 is 1.11 bits per heavy atom. The molecule has 2 atom stereocenters. The van der Waals surface area contributed by atoms with Gasteiger partial charge >= 0.3 is 0 Å². The Morgan fingerprint density at radius 3 is 2.54 bits per heavy atom. The quantitative estimate of drug-likeness (QED) is 0.791. The van der Waals surface area contributed by atoms with Gasteiger partial charge in [-0.25, -0.2) is 0 Å². The number of fused-ring (bicyclic) bond motifs is 4. The summed E-state index contributed by atoms with van der Waals surface area (Å²) < 4.78 is 1.97. The highest BCUT2D eigenvalue weighted by Crippen LogP contribution is 2.35. The van der Waals surface area contributed by atoms with E-state index in [0.29, 0.717) is 19.0 Å². The van der Waals surface area contributed by atoms with E-state index in [9.17, 15) is 9.59 Å². The van der Waals surface area contributed by atoms with Crippen molar-refractivity contribution in [2.45, 2.75) is 23.8 Å². The van der Waals surface area contributed by atoms with E-state index in [2.05, 4.69) is 24.5 Å². The number of carbonyl (C=O) groups excluding carboxylic acids is 1. The number of amides is 1. The second-order valence-corrected chi connectivity index (χ2v) is 9.18. The van der Waals surface area contributed by atoms with E-state index in [0.717, 1.165) is 41.2 Å². The summed E-state index contributed by atoms with van der Waals surface area (Å²) in [4.78, 5) is 30.1. The third-order valence-corrected chi connectivity index (χ3v) is 6.61. The number of piperidine rings is 1. The van der Waals surface area contributed by atoms with Crippen molar-refractivity contribution in [1.82, 2.24) is 9.47 Å². The van der Waals surface area contributed by atoms with Crippen molar-refractivity contribution >= 4 is 17.7 Å². The van der Waals surface area contributed by atoms with Crippen LogP contribution < -0.4 is 10.5 Å². The summed E-state index contributed by atoms with van der Waals surface area (Å²) in [5.74, 6) is 0.837. The largest absolute Gasteiger partial charge is 0.337 e. The third kappa shape index (κ3) is 3.63. The van der Waals surface area contributed by atoms with Gasteiger partial charge < -0.3 is 14.4 Å². The van der Waals surface area contributed by atoms with Gasteiger partial charge in [-0.2, -0.15) is 0 Å². The molecule has 0 radical (unpaired) electrons. The van der Waals surface area contributed by atoms with E-state index in [1.54, 1.807) is 11.8 Å². The lowest BCUT2D eigenvalue weighted by Gasteiger charge is -2.42. The highest BCUT2D eigenvalue weighted by Gasteiger charge is 2.37. The fourth-order valence-corrected chi connectivity index (χ4v) is 4.96. The van der Waals surface area contributed by atoms with Crippen molar-refractivity contribution in [3.63, 3.8) is 0 Å². The van der Waals surface area contributed by atoms with Gasteiger partial charge in [-0.15, -0.1) is 11.8 Å². The fraction of sp³-hybridized carbons (Fsp3) is 0.455. The Hall–Kier alpha value is -2.05. The van der Waals surface area contributed by atoms with E-state index in [4.69, 9.17) is 0 Å². The molecule has 3 heterocycles. The van der Waals surface area contributed by atoms with Gasteiger partial charge in [0.05, 0.1) is 14.1 Å². The van der Waals surface area contributed by atoms with Crippen LogP contribution in [-0.2, 0) is 11.3 Å². The lowest BCUT2D eigenvalue weighted by molar-refractivity contribution is -0.849. The number of carbonyl (C=O) groups is 1. The molecule has 0 saturated carbocycles. The average Bonchev–Trinajstić information content (AvgIpc) is 2.68. The summed E-state index contributed by atoms with van der Waals surface area (Å²) in [5.41, 5.74) is 2.92. The number of thioether (sulfide) groups is 1. The van der Waals surface area contributed by atoms with Crippen LogP contribution in [0.2, 0.25) is 0 Å². The van der Waals surface area contributed by atoms with Crippen LogP contribution in [-0.4, -0.2) is 55.4 Å². The first-order valence-corrected chi connectivity index (χ1v) is 11.1. The summed E-state index contributed by atoms with van der Waals surface area (Å²) in [6.07, 6.45) is 3.12. The smallest absolute Gasteiger partial charge is 0.277 e. The van der Waals surface area contributed by atoms with Gasteiger partial charge in [0.2, 0.25) is 0 Å². The zero-order chi connectivity index (χ0) is 19.8. The maximum Gasteiger partial charge on any atom is 0.277 e. The molecule has 1 amide bonds. The minimum absolute atomic E-state index is 0.0987. The number of likely N-dealkylation sites (tertiary alicyclic amines) is 1. The van der Waals surface area contributed by atoms with Gasteiger partial charge in [0.1, 0.15) is 0 Å². The van der Waals surface area contributed by atoms with Gasteiger partial charge in [0.15, 0.2) is 6.54 Å². The lowest BCUT2D eigenvalue weighted by Crippen LogP contribution is -3.07. The number of likely N-dealkylation sites (N-methyl/N-ethyl adjacent to an activating group) is 1. The predicted molar refractivity (Wildman–Crippen MR) is 113 cm³/mol. The summed E-state index contributed by atoms with van der Waals surface area (Å²) in [6.45, 7) is 2.72. The maximum absolute atomic E-state index is 13.2. The second kappa shape index (κ2) is 7.76. The summed E-state index contributed by atoms with van der Waals surface area (Å²) in [7, 11) is 4.01. The first kappa shape index (κ1) is 19.3. The molecule has 2 aliphatic rings. The van der Waals surface area contributed by atoms with Crippen LogP contribution in [0.5, 0.6) is 0 Å². The Bertz CT molecular complexity index is 936. The molecule has 28 heavy (non-hydrogen) atoms. The molecule has 6 heteroatoms. The normalized spacial score (nSPS) is 20.9. The number of benzene rings is 1. The standard InChI is InChI=1S/C22H27N3O2S/c1-23(2)14-21(26)24-11-15-10-17(13-24)20-9-8-19(22(27)25(20)12-15)16-4-6-18(28-3)7-5-16/h4-9,15,17H,10-14H2,1-3H3/p+1/t15-,17+/m0/s1. The number of rotatable bonds is 4. The molecule has 148 valence electrons. The average molecular weight is 399 g/mol. The number of pyridine rings is 1. The topological polar surface area (TPSA) is 46.8 Å². The summed E-state index contributed by atoms with van der Waals surface area (Å²) in [5, 5.41) is 0. The molecule has 2 aromatic rings. The molecule has 1 saturated heterocycles. The maximum atomic E-state index is 13.2. The van der Waals surface area contributed by atoms with Crippen molar-refractivity contribution in [2.24, 2.45) is 5.92 Å².